The molecular weight excluding hydrogens is 352 g/mol. The number of hydrogen-bond donors (Lipinski definition) is 1. The highest BCUT2D eigenvalue weighted by Gasteiger charge is 2.29. The van der Waals surface area contributed by atoms with Crippen LogP contribution < -0.4 is 15.0 Å². The molecule has 6 nitrogen and oxygen atoms in total. The summed E-state index contributed by atoms with van der Waals surface area (Å²) in [4.78, 5) is 39.1. The zero-order valence-electron chi connectivity index (χ0n) is 14.1. The van der Waals surface area contributed by atoms with Gasteiger partial charge in [0.2, 0.25) is 11.7 Å². The van der Waals surface area contributed by atoms with E-state index in [4.69, 9.17) is 4.74 Å². The zero-order valence-corrected chi connectivity index (χ0v) is 14.9. The molecule has 1 aliphatic carbocycles. The molecule has 0 spiro atoms. The highest BCUT2D eigenvalue weighted by molar-refractivity contribution is 7.12. The Morgan fingerprint density at radius 3 is 2.85 bits per heavy atom. The summed E-state index contributed by atoms with van der Waals surface area (Å²) in [5.41, 5.74) is 0.929. The minimum absolute atomic E-state index is 0.0709. The molecule has 1 fully saturated rings. The topological polar surface area (TPSA) is 75.7 Å². The van der Waals surface area contributed by atoms with Crippen molar-refractivity contribution in [1.82, 2.24) is 5.32 Å². The first-order chi connectivity index (χ1) is 12.6. The molecule has 1 aromatic carbocycles. The fraction of sp³-hybridized carbons (Fsp3) is 0.316. The third-order valence-electron chi connectivity index (χ3n) is 4.50. The number of rotatable bonds is 6. The smallest absolute Gasteiger partial charge is 0.265 e. The van der Waals surface area contributed by atoms with Crippen LogP contribution in [-0.2, 0) is 9.59 Å². The van der Waals surface area contributed by atoms with Crippen LogP contribution in [0.25, 0.3) is 0 Å². The van der Waals surface area contributed by atoms with E-state index < -0.39 is 0 Å². The fourth-order valence-electron chi connectivity index (χ4n) is 2.85. The molecule has 26 heavy (non-hydrogen) atoms. The van der Waals surface area contributed by atoms with Gasteiger partial charge in [-0.05, 0) is 48.4 Å². The average Bonchev–Trinajstić information content (AvgIpc) is 3.32. The van der Waals surface area contributed by atoms with Gasteiger partial charge in [0.25, 0.3) is 5.91 Å². The third-order valence-corrected chi connectivity index (χ3v) is 5.36. The van der Waals surface area contributed by atoms with Crippen molar-refractivity contribution in [3.8, 4) is 5.75 Å². The SMILES string of the molecule is O=C(CN1C(=O)COc2ccc(C(=O)c3cccs3)cc21)NCC1CC1. The van der Waals surface area contributed by atoms with Gasteiger partial charge in [0.15, 0.2) is 6.61 Å². The van der Waals surface area contributed by atoms with E-state index in [1.165, 1.54) is 16.2 Å². The number of carbonyl (C=O) groups is 3. The number of ether oxygens (including phenoxy) is 1. The Kier molecular flexibility index (Phi) is 4.46. The molecule has 4 rings (SSSR count). The summed E-state index contributed by atoms with van der Waals surface area (Å²) >= 11 is 1.36. The largest absolute Gasteiger partial charge is 0.482 e. The van der Waals surface area contributed by atoms with E-state index >= 15 is 0 Å². The standard InChI is InChI=1S/C19H18N2O4S/c22-17(20-9-12-3-4-12)10-21-14-8-13(19(24)16-2-1-7-26-16)5-6-15(14)25-11-18(21)23/h1-2,5-8,12H,3-4,9-11H2,(H,20,22). The number of carbonyl (C=O) groups excluding carboxylic acids is 3. The first kappa shape index (κ1) is 16.8. The second-order valence-electron chi connectivity index (χ2n) is 6.50. The predicted octanol–water partition coefficient (Wildman–Crippen LogP) is 2.23. The number of hydrogen-bond acceptors (Lipinski definition) is 5. The Morgan fingerprint density at radius 1 is 1.27 bits per heavy atom. The van der Waals surface area contributed by atoms with Crippen LogP contribution in [0.3, 0.4) is 0 Å². The van der Waals surface area contributed by atoms with E-state index in [0.717, 1.165) is 12.8 Å². The van der Waals surface area contributed by atoms with E-state index in [1.54, 1.807) is 24.3 Å². The van der Waals surface area contributed by atoms with Gasteiger partial charge in [-0.1, -0.05) is 6.07 Å². The molecule has 2 heterocycles. The van der Waals surface area contributed by atoms with Gasteiger partial charge in [0.1, 0.15) is 12.3 Å². The minimum atomic E-state index is -0.292. The molecule has 2 amide bonds. The molecule has 0 unspecified atom stereocenters. The molecule has 0 radical (unpaired) electrons. The summed E-state index contributed by atoms with van der Waals surface area (Å²) in [6.07, 6.45) is 2.29. The summed E-state index contributed by atoms with van der Waals surface area (Å²) in [7, 11) is 0. The summed E-state index contributed by atoms with van der Waals surface area (Å²) in [5.74, 6) is 0.468. The van der Waals surface area contributed by atoms with Crippen LogP contribution in [0.15, 0.2) is 35.7 Å². The first-order valence-electron chi connectivity index (χ1n) is 8.54. The fourth-order valence-corrected chi connectivity index (χ4v) is 3.53. The highest BCUT2D eigenvalue weighted by Crippen LogP contribution is 2.34. The predicted molar refractivity (Wildman–Crippen MR) is 97.8 cm³/mol. The molecule has 134 valence electrons. The molecular formula is C19H18N2O4S. The van der Waals surface area contributed by atoms with E-state index in [1.807, 2.05) is 11.4 Å². The third kappa shape index (κ3) is 3.48. The van der Waals surface area contributed by atoms with Gasteiger partial charge >= 0.3 is 0 Å². The molecule has 0 saturated heterocycles. The van der Waals surface area contributed by atoms with Gasteiger partial charge in [-0.25, -0.2) is 0 Å². The van der Waals surface area contributed by atoms with Crippen LogP contribution >= 0.6 is 11.3 Å². The van der Waals surface area contributed by atoms with Crippen molar-refractivity contribution in [2.75, 3.05) is 24.6 Å². The Bertz CT molecular complexity index is 858. The lowest BCUT2D eigenvalue weighted by Crippen LogP contribution is -2.45. The lowest BCUT2D eigenvalue weighted by molar-refractivity contribution is -0.125. The van der Waals surface area contributed by atoms with Gasteiger partial charge in [0.05, 0.1) is 10.6 Å². The number of anilines is 1. The normalized spacial score (nSPS) is 16.0. The number of amides is 2. The molecule has 2 aromatic rings. The first-order valence-corrected chi connectivity index (χ1v) is 9.42. The van der Waals surface area contributed by atoms with E-state index in [0.29, 0.717) is 34.3 Å². The number of ketones is 1. The lowest BCUT2D eigenvalue weighted by atomic mass is 10.1. The Hall–Kier alpha value is -2.67. The summed E-state index contributed by atoms with van der Waals surface area (Å²) < 4.78 is 5.45. The van der Waals surface area contributed by atoms with Crippen molar-refractivity contribution in [2.45, 2.75) is 12.8 Å². The molecule has 1 N–H and O–H groups in total. The maximum atomic E-state index is 12.6. The monoisotopic (exact) mass is 370 g/mol. The molecule has 7 heteroatoms. The molecule has 0 bridgehead atoms. The minimum Gasteiger partial charge on any atom is -0.482 e. The maximum Gasteiger partial charge on any atom is 0.265 e. The van der Waals surface area contributed by atoms with Gasteiger partial charge in [-0.3, -0.25) is 19.3 Å². The van der Waals surface area contributed by atoms with Crippen LogP contribution in [0.4, 0.5) is 5.69 Å². The van der Waals surface area contributed by atoms with Gasteiger partial charge in [0, 0.05) is 12.1 Å². The second-order valence-corrected chi connectivity index (χ2v) is 7.45. The Morgan fingerprint density at radius 2 is 2.12 bits per heavy atom. The Balaban J connectivity index is 1.56. The Labute approximate surface area is 154 Å². The van der Waals surface area contributed by atoms with Crippen molar-refractivity contribution < 1.29 is 19.1 Å². The van der Waals surface area contributed by atoms with Crippen molar-refractivity contribution in [1.29, 1.82) is 0 Å². The summed E-state index contributed by atoms with van der Waals surface area (Å²) in [6.45, 7) is 0.473. The van der Waals surface area contributed by atoms with Gasteiger partial charge < -0.3 is 10.1 Å². The van der Waals surface area contributed by atoms with E-state index in [9.17, 15) is 14.4 Å². The van der Waals surface area contributed by atoms with Gasteiger partial charge in [-0.2, -0.15) is 0 Å². The number of nitrogens with one attached hydrogen (secondary N) is 1. The van der Waals surface area contributed by atoms with Crippen molar-refractivity contribution in [3.63, 3.8) is 0 Å². The van der Waals surface area contributed by atoms with E-state index in [2.05, 4.69) is 5.32 Å². The molecule has 0 atom stereocenters. The molecule has 1 saturated carbocycles. The van der Waals surface area contributed by atoms with Crippen LogP contribution in [0, 0.1) is 5.92 Å². The average molecular weight is 370 g/mol. The quantitative estimate of drug-likeness (QED) is 0.791. The van der Waals surface area contributed by atoms with Crippen LogP contribution in [-0.4, -0.2) is 37.3 Å². The second kappa shape index (κ2) is 6.92. The van der Waals surface area contributed by atoms with Crippen molar-refractivity contribution in [2.24, 2.45) is 5.92 Å². The molecule has 1 aliphatic heterocycles. The maximum absolute atomic E-state index is 12.6. The number of benzene rings is 1. The van der Waals surface area contributed by atoms with Crippen molar-refractivity contribution >= 4 is 34.6 Å². The number of nitrogens with zero attached hydrogens (tertiary/aromatic N) is 1. The van der Waals surface area contributed by atoms with E-state index in [-0.39, 0.29) is 30.7 Å². The number of thiophene rings is 1. The van der Waals surface area contributed by atoms with Gasteiger partial charge in [-0.15, -0.1) is 11.3 Å². The molecule has 2 aliphatic rings. The van der Waals surface area contributed by atoms with Crippen LogP contribution in [0.5, 0.6) is 5.75 Å². The lowest BCUT2D eigenvalue weighted by Gasteiger charge is -2.29. The van der Waals surface area contributed by atoms with Crippen LogP contribution in [0.2, 0.25) is 0 Å². The van der Waals surface area contributed by atoms with Crippen molar-refractivity contribution in [3.05, 3.63) is 46.2 Å². The molecule has 1 aromatic heterocycles. The summed E-state index contributed by atoms with van der Waals surface area (Å²) in [6, 6.07) is 8.57. The number of fused-ring (bicyclic) bond motifs is 1. The summed E-state index contributed by atoms with van der Waals surface area (Å²) in [5, 5.41) is 4.71. The highest BCUT2D eigenvalue weighted by atomic mass is 32.1. The van der Waals surface area contributed by atoms with Crippen LogP contribution in [0.1, 0.15) is 28.1 Å². The zero-order chi connectivity index (χ0) is 18.1.